The molecule has 7 nitrogen and oxygen atoms in total. The summed E-state index contributed by atoms with van der Waals surface area (Å²) in [5, 5.41) is 17.4. The largest absolute Gasteiger partial charge is 0.376 e. The van der Waals surface area contributed by atoms with E-state index in [0.717, 1.165) is 20.2 Å². The number of benzene rings is 2. The van der Waals surface area contributed by atoms with E-state index in [0.29, 0.717) is 5.56 Å². The van der Waals surface area contributed by atoms with Gasteiger partial charge in [0.05, 0.1) is 17.7 Å². The van der Waals surface area contributed by atoms with Gasteiger partial charge < -0.3 is 5.32 Å². The first kappa shape index (κ1) is 19.1. The number of nitro benzene ring substituents is 1. The molecule has 0 atom stereocenters. The molecule has 1 amide bonds. The third-order valence-electron chi connectivity index (χ3n) is 3.24. The van der Waals surface area contributed by atoms with Gasteiger partial charge in [-0.05, 0) is 42.3 Å². The molecule has 0 aliphatic heterocycles. The first-order valence-corrected chi connectivity index (χ1v) is 8.71. The number of nitrogens with zero attached hydrogens (tertiary/aromatic N) is 2. The van der Waals surface area contributed by atoms with Gasteiger partial charge in [0.1, 0.15) is 0 Å². The van der Waals surface area contributed by atoms with Crippen LogP contribution in [0.5, 0.6) is 0 Å². The molecule has 9 heteroatoms. The third-order valence-corrected chi connectivity index (χ3v) is 4.89. The Morgan fingerprint density at radius 3 is 2.40 bits per heavy atom. The molecule has 0 spiro atoms. The van der Waals surface area contributed by atoms with E-state index < -0.39 is 4.92 Å². The lowest BCUT2D eigenvalue weighted by molar-refractivity contribution is -0.384. The zero-order valence-corrected chi connectivity index (χ0v) is 16.3. The van der Waals surface area contributed by atoms with Gasteiger partial charge in [-0.2, -0.15) is 5.10 Å². The molecule has 0 bridgehead atoms. The van der Waals surface area contributed by atoms with Gasteiger partial charge >= 0.3 is 0 Å². The molecule has 0 aliphatic carbocycles. The van der Waals surface area contributed by atoms with Crippen LogP contribution in [0.2, 0.25) is 0 Å². The van der Waals surface area contributed by atoms with Crippen molar-refractivity contribution in [3.05, 3.63) is 66.6 Å². The van der Waals surface area contributed by atoms with Crippen LogP contribution in [-0.2, 0) is 4.79 Å². The van der Waals surface area contributed by atoms with Crippen LogP contribution in [0.1, 0.15) is 11.1 Å². The van der Waals surface area contributed by atoms with E-state index >= 15 is 0 Å². The maximum Gasteiger partial charge on any atom is 0.269 e. The molecule has 0 aliphatic rings. The Balaban J connectivity index is 1.85. The molecule has 2 rings (SSSR count). The fraction of sp³-hybridized carbons (Fsp3) is 0.125. The van der Waals surface area contributed by atoms with Crippen molar-refractivity contribution in [2.24, 2.45) is 5.10 Å². The van der Waals surface area contributed by atoms with Gasteiger partial charge in [-0.25, -0.2) is 5.43 Å². The standard InChI is InChI=1S/C16H14Br2N4O3/c1-10-14(17)6-12(7-15(10)18)19-9-16(23)21-20-8-11-2-4-13(5-3-11)22(24)25/h2-8,19H,9H2,1H3,(H,21,23). The number of halogens is 2. The Bertz CT molecular complexity index is 800. The fourth-order valence-corrected chi connectivity index (χ4v) is 3.02. The van der Waals surface area contributed by atoms with Crippen molar-refractivity contribution in [3.63, 3.8) is 0 Å². The Morgan fingerprint density at radius 1 is 1.24 bits per heavy atom. The summed E-state index contributed by atoms with van der Waals surface area (Å²) in [5.74, 6) is -0.314. The molecule has 0 unspecified atom stereocenters. The van der Waals surface area contributed by atoms with Crippen molar-refractivity contribution in [1.29, 1.82) is 0 Å². The van der Waals surface area contributed by atoms with E-state index in [1.54, 1.807) is 12.1 Å². The Labute approximate surface area is 160 Å². The van der Waals surface area contributed by atoms with Crippen LogP contribution in [0.4, 0.5) is 11.4 Å². The maximum absolute atomic E-state index is 11.8. The molecule has 0 saturated carbocycles. The van der Waals surface area contributed by atoms with Gasteiger partial charge in [-0.3, -0.25) is 14.9 Å². The molecule has 0 heterocycles. The van der Waals surface area contributed by atoms with E-state index in [-0.39, 0.29) is 18.1 Å². The first-order valence-electron chi connectivity index (χ1n) is 7.12. The number of anilines is 1. The molecular formula is C16H14Br2N4O3. The SMILES string of the molecule is Cc1c(Br)cc(NCC(=O)NN=Cc2ccc([N+](=O)[O-])cc2)cc1Br. The summed E-state index contributed by atoms with van der Waals surface area (Å²) in [7, 11) is 0. The highest BCUT2D eigenvalue weighted by molar-refractivity contribution is 9.11. The Kier molecular flexibility index (Phi) is 6.65. The third kappa shape index (κ3) is 5.64. The normalized spacial score (nSPS) is 10.7. The zero-order chi connectivity index (χ0) is 18.4. The van der Waals surface area contributed by atoms with Crippen molar-refractivity contribution in [2.75, 3.05) is 11.9 Å². The monoisotopic (exact) mass is 468 g/mol. The second-order valence-corrected chi connectivity index (χ2v) is 6.77. The Morgan fingerprint density at radius 2 is 1.84 bits per heavy atom. The predicted molar refractivity (Wildman–Crippen MR) is 104 cm³/mol. The van der Waals surface area contributed by atoms with Gasteiger partial charge in [0.2, 0.25) is 0 Å². The van der Waals surface area contributed by atoms with Gasteiger partial charge in [0.15, 0.2) is 0 Å². The molecule has 2 aromatic rings. The number of rotatable bonds is 6. The highest BCUT2D eigenvalue weighted by Gasteiger charge is 2.05. The van der Waals surface area contributed by atoms with Crippen molar-refractivity contribution in [1.82, 2.24) is 5.43 Å². The molecule has 0 fully saturated rings. The van der Waals surface area contributed by atoms with Crippen LogP contribution in [0.3, 0.4) is 0 Å². The quantitative estimate of drug-likeness (QED) is 0.379. The Hall–Kier alpha value is -2.26. The molecule has 0 radical (unpaired) electrons. The lowest BCUT2D eigenvalue weighted by Crippen LogP contribution is -2.25. The van der Waals surface area contributed by atoms with E-state index in [1.807, 2.05) is 19.1 Å². The molecule has 0 aromatic heterocycles. The highest BCUT2D eigenvalue weighted by Crippen LogP contribution is 2.28. The van der Waals surface area contributed by atoms with Crippen LogP contribution < -0.4 is 10.7 Å². The number of non-ortho nitro benzene ring substituents is 1. The van der Waals surface area contributed by atoms with Crippen molar-refractivity contribution in [3.8, 4) is 0 Å². The summed E-state index contributed by atoms with van der Waals surface area (Å²) in [6.07, 6.45) is 1.42. The zero-order valence-electron chi connectivity index (χ0n) is 13.1. The average Bonchev–Trinajstić information content (AvgIpc) is 2.58. The number of carbonyl (C=O) groups is 1. The lowest BCUT2D eigenvalue weighted by Gasteiger charge is -2.09. The van der Waals surface area contributed by atoms with Crippen LogP contribution >= 0.6 is 31.9 Å². The van der Waals surface area contributed by atoms with Crippen molar-refractivity contribution < 1.29 is 9.72 Å². The maximum atomic E-state index is 11.8. The predicted octanol–water partition coefficient (Wildman–Crippen LogP) is 3.99. The smallest absolute Gasteiger partial charge is 0.269 e. The van der Waals surface area contributed by atoms with Crippen LogP contribution in [0, 0.1) is 17.0 Å². The van der Waals surface area contributed by atoms with Gasteiger partial charge in [0, 0.05) is 26.8 Å². The number of amides is 1. The minimum atomic E-state index is -0.476. The number of nitrogens with one attached hydrogen (secondary N) is 2. The first-order chi connectivity index (χ1) is 11.9. The van der Waals surface area contributed by atoms with Crippen LogP contribution in [0.25, 0.3) is 0 Å². The summed E-state index contributed by atoms with van der Waals surface area (Å²) in [5.41, 5.74) is 4.90. The number of carbonyl (C=O) groups excluding carboxylic acids is 1. The van der Waals surface area contributed by atoms with Crippen LogP contribution in [0.15, 0.2) is 50.4 Å². The van der Waals surface area contributed by atoms with E-state index in [1.165, 1.54) is 18.3 Å². The summed E-state index contributed by atoms with van der Waals surface area (Å²) in [6.45, 7) is 2.02. The van der Waals surface area contributed by atoms with Gasteiger partial charge in [-0.1, -0.05) is 31.9 Å². The number of nitro groups is 1. The molecule has 130 valence electrons. The van der Waals surface area contributed by atoms with E-state index in [4.69, 9.17) is 0 Å². The fourth-order valence-electron chi connectivity index (χ4n) is 1.83. The van der Waals surface area contributed by atoms with Crippen molar-refractivity contribution >= 4 is 55.4 Å². The van der Waals surface area contributed by atoms with Gasteiger partial charge in [0.25, 0.3) is 11.6 Å². The minimum absolute atomic E-state index is 0.000745. The molecule has 2 aromatic carbocycles. The number of hydrogen-bond donors (Lipinski definition) is 2. The summed E-state index contributed by atoms with van der Waals surface area (Å²) < 4.78 is 1.86. The molecule has 25 heavy (non-hydrogen) atoms. The molecule has 0 saturated heterocycles. The second-order valence-electron chi connectivity index (χ2n) is 5.06. The summed E-state index contributed by atoms with van der Waals surface area (Å²) in [4.78, 5) is 21.9. The second kappa shape index (κ2) is 8.72. The highest BCUT2D eigenvalue weighted by atomic mass is 79.9. The average molecular weight is 470 g/mol. The van der Waals surface area contributed by atoms with Crippen LogP contribution in [-0.4, -0.2) is 23.6 Å². The molecule has 2 N–H and O–H groups in total. The van der Waals surface area contributed by atoms with Gasteiger partial charge in [-0.15, -0.1) is 0 Å². The topological polar surface area (TPSA) is 96.6 Å². The van der Waals surface area contributed by atoms with E-state index in [9.17, 15) is 14.9 Å². The number of hydrogen-bond acceptors (Lipinski definition) is 5. The lowest BCUT2D eigenvalue weighted by atomic mass is 10.2. The summed E-state index contributed by atoms with van der Waals surface area (Å²) >= 11 is 6.90. The molecular weight excluding hydrogens is 456 g/mol. The van der Waals surface area contributed by atoms with Crippen molar-refractivity contribution in [2.45, 2.75) is 6.92 Å². The number of hydrazone groups is 1. The summed E-state index contributed by atoms with van der Waals surface area (Å²) in [6, 6.07) is 9.61. The van der Waals surface area contributed by atoms with E-state index in [2.05, 4.69) is 47.7 Å². The minimum Gasteiger partial charge on any atom is -0.376 e.